The van der Waals surface area contributed by atoms with Crippen molar-refractivity contribution < 1.29 is 0 Å². The minimum atomic E-state index is 0.454. The van der Waals surface area contributed by atoms with Gasteiger partial charge in [0.15, 0.2) is 0 Å². The van der Waals surface area contributed by atoms with Crippen LogP contribution in [0.3, 0.4) is 0 Å². The third-order valence-electron chi connectivity index (χ3n) is 5.02. The summed E-state index contributed by atoms with van der Waals surface area (Å²) in [6.45, 7) is 14.4. The van der Waals surface area contributed by atoms with E-state index in [4.69, 9.17) is 4.98 Å². The van der Waals surface area contributed by atoms with E-state index in [1.54, 1.807) is 0 Å². The highest BCUT2D eigenvalue weighted by Gasteiger charge is 2.23. The van der Waals surface area contributed by atoms with Crippen LogP contribution < -0.4 is 10.2 Å². The second kappa shape index (κ2) is 7.58. The summed E-state index contributed by atoms with van der Waals surface area (Å²) in [7, 11) is 0. The molecule has 2 saturated heterocycles. The fourth-order valence-corrected chi connectivity index (χ4v) is 3.59. The fraction of sp³-hybridized carbons (Fsp3) is 0.778. The van der Waals surface area contributed by atoms with Gasteiger partial charge in [0, 0.05) is 44.1 Å². The molecule has 1 atom stereocenters. The van der Waals surface area contributed by atoms with Crippen LogP contribution in [0.5, 0.6) is 0 Å². The van der Waals surface area contributed by atoms with Crippen molar-refractivity contribution in [3.8, 4) is 0 Å². The molecule has 0 amide bonds. The number of rotatable bonds is 4. The number of nitrogens with one attached hydrogen (secondary N) is 1. The van der Waals surface area contributed by atoms with Crippen LogP contribution in [-0.2, 0) is 0 Å². The molecule has 3 rings (SSSR count). The molecule has 2 aliphatic rings. The minimum absolute atomic E-state index is 0.454. The van der Waals surface area contributed by atoms with Crippen LogP contribution in [0.2, 0.25) is 0 Å². The highest BCUT2D eigenvalue weighted by molar-refractivity contribution is 5.33. The summed E-state index contributed by atoms with van der Waals surface area (Å²) in [5.41, 5.74) is 2.23. The third-order valence-corrected chi connectivity index (χ3v) is 5.02. The Morgan fingerprint density at radius 2 is 2.00 bits per heavy atom. The number of nitrogens with zero attached hydrogens (tertiary/aromatic N) is 4. The van der Waals surface area contributed by atoms with Gasteiger partial charge in [-0.15, -0.1) is 0 Å². The monoisotopic (exact) mass is 317 g/mol. The van der Waals surface area contributed by atoms with E-state index in [1.807, 2.05) is 0 Å². The van der Waals surface area contributed by atoms with E-state index in [0.29, 0.717) is 5.92 Å². The van der Waals surface area contributed by atoms with Gasteiger partial charge in [0.05, 0.1) is 0 Å². The minimum Gasteiger partial charge on any atom is -0.338 e. The Morgan fingerprint density at radius 3 is 2.65 bits per heavy atom. The van der Waals surface area contributed by atoms with Gasteiger partial charge in [0.25, 0.3) is 0 Å². The van der Waals surface area contributed by atoms with Gasteiger partial charge in [-0.05, 0) is 50.8 Å². The summed E-state index contributed by atoms with van der Waals surface area (Å²) in [6.07, 6.45) is 2.71. The van der Waals surface area contributed by atoms with Crippen molar-refractivity contribution in [1.29, 1.82) is 0 Å². The molecular weight excluding hydrogens is 286 g/mol. The quantitative estimate of drug-likeness (QED) is 0.920. The molecule has 5 heteroatoms. The zero-order chi connectivity index (χ0) is 16.2. The third kappa shape index (κ3) is 4.42. The Morgan fingerprint density at radius 1 is 1.22 bits per heavy atom. The van der Waals surface area contributed by atoms with Crippen LogP contribution in [0.15, 0.2) is 6.07 Å². The van der Waals surface area contributed by atoms with Gasteiger partial charge in [-0.2, -0.15) is 0 Å². The number of hydrogen-bond donors (Lipinski definition) is 1. The van der Waals surface area contributed by atoms with E-state index in [9.17, 15) is 0 Å². The lowest BCUT2D eigenvalue weighted by molar-refractivity contribution is 0.198. The molecule has 1 N–H and O–H groups in total. The van der Waals surface area contributed by atoms with E-state index in [2.05, 4.69) is 46.9 Å². The number of aryl methyl sites for hydroxylation is 1. The van der Waals surface area contributed by atoms with Gasteiger partial charge in [-0.3, -0.25) is 4.90 Å². The van der Waals surface area contributed by atoms with Gasteiger partial charge in [-0.1, -0.05) is 13.8 Å². The standard InChI is InChI=1S/C18H31N5/c1-14(2)17-11-15(3)20-18(21-17)23-9-7-22(8-10-23)13-16-5-4-6-19-12-16/h11,14,16,19H,4-10,12-13H2,1-3H3. The topological polar surface area (TPSA) is 44.3 Å². The van der Waals surface area contributed by atoms with Crippen molar-refractivity contribution in [2.45, 2.75) is 39.5 Å². The molecular formula is C18H31N5. The number of aromatic nitrogens is 2. The van der Waals surface area contributed by atoms with E-state index in [0.717, 1.165) is 49.4 Å². The zero-order valence-corrected chi connectivity index (χ0v) is 14.9. The molecule has 0 saturated carbocycles. The first-order chi connectivity index (χ1) is 11.1. The summed E-state index contributed by atoms with van der Waals surface area (Å²) >= 11 is 0. The number of piperazine rings is 1. The molecule has 1 aromatic rings. The van der Waals surface area contributed by atoms with Crippen molar-refractivity contribution in [3.63, 3.8) is 0 Å². The summed E-state index contributed by atoms with van der Waals surface area (Å²) in [5.74, 6) is 2.21. The van der Waals surface area contributed by atoms with Crippen molar-refractivity contribution in [3.05, 3.63) is 17.5 Å². The van der Waals surface area contributed by atoms with Crippen molar-refractivity contribution in [1.82, 2.24) is 20.2 Å². The van der Waals surface area contributed by atoms with Crippen molar-refractivity contribution in [2.75, 3.05) is 50.7 Å². The summed E-state index contributed by atoms with van der Waals surface area (Å²) < 4.78 is 0. The maximum Gasteiger partial charge on any atom is 0.225 e. The number of hydrogen-bond acceptors (Lipinski definition) is 5. The lowest BCUT2D eigenvalue weighted by atomic mass is 9.99. The van der Waals surface area contributed by atoms with Gasteiger partial charge >= 0.3 is 0 Å². The van der Waals surface area contributed by atoms with E-state index >= 15 is 0 Å². The number of piperidine rings is 1. The van der Waals surface area contributed by atoms with Gasteiger partial charge < -0.3 is 10.2 Å². The SMILES string of the molecule is Cc1cc(C(C)C)nc(N2CCN(CC3CCCNC3)CC2)n1. The first kappa shape index (κ1) is 16.7. The van der Waals surface area contributed by atoms with Crippen LogP contribution in [0, 0.1) is 12.8 Å². The molecule has 23 heavy (non-hydrogen) atoms. The Bertz CT molecular complexity index is 502. The highest BCUT2D eigenvalue weighted by atomic mass is 15.3. The summed E-state index contributed by atoms with van der Waals surface area (Å²) in [6, 6.07) is 2.11. The molecule has 1 aromatic heterocycles. The summed E-state index contributed by atoms with van der Waals surface area (Å²) in [4.78, 5) is 14.4. The number of anilines is 1. The lowest BCUT2D eigenvalue weighted by Crippen LogP contribution is -2.49. The average molecular weight is 317 g/mol. The molecule has 0 aromatic carbocycles. The van der Waals surface area contributed by atoms with Crippen LogP contribution in [0.25, 0.3) is 0 Å². The Hall–Kier alpha value is -1.20. The second-order valence-corrected chi connectivity index (χ2v) is 7.39. The normalized spacial score (nSPS) is 23.5. The predicted molar refractivity (Wildman–Crippen MR) is 95.1 cm³/mol. The van der Waals surface area contributed by atoms with Gasteiger partial charge in [-0.25, -0.2) is 9.97 Å². The Kier molecular flexibility index (Phi) is 5.49. The maximum atomic E-state index is 4.78. The van der Waals surface area contributed by atoms with Gasteiger partial charge in [0.1, 0.15) is 0 Å². The first-order valence-electron chi connectivity index (χ1n) is 9.15. The maximum absolute atomic E-state index is 4.78. The molecule has 0 aliphatic carbocycles. The molecule has 0 radical (unpaired) electrons. The smallest absolute Gasteiger partial charge is 0.225 e. The molecule has 2 fully saturated rings. The van der Waals surface area contributed by atoms with Crippen LogP contribution in [0.4, 0.5) is 5.95 Å². The van der Waals surface area contributed by atoms with Crippen LogP contribution in [0.1, 0.15) is 44.0 Å². The molecule has 0 spiro atoms. The molecule has 3 heterocycles. The van der Waals surface area contributed by atoms with Crippen LogP contribution in [-0.4, -0.2) is 60.7 Å². The average Bonchev–Trinajstić information content (AvgIpc) is 2.56. The van der Waals surface area contributed by atoms with Crippen molar-refractivity contribution in [2.24, 2.45) is 5.92 Å². The Balaban J connectivity index is 1.56. The van der Waals surface area contributed by atoms with E-state index in [-0.39, 0.29) is 0 Å². The zero-order valence-electron chi connectivity index (χ0n) is 14.9. The first-order valence-corrected chi connectivity index (χ1v) is 9.15. The molecule has 2 aliphatic heterocycles. The largest absolute Gasteiger partial charge is 0.338 e. The highest BCUT2D eigenvalue weighted by Crippen LogP contribution is 2.19. The van der Waals surface area contributed by atoms with Crippen molar-refractivity contribution >= 4 is 5.95 Å². The molecule has 128 valence electrons. The molecule has 1 unspecified atom stereocenters. The molecule has 5 nitrogen and oxygen atoms in total. The second-order valence-electron chi connectivity index (χ2n) is 7.39. The molecule has 0 bridgehead atoms. The van der Waals surface area contributed by atoms with Crippen LogP contribution >= 0.6 is 0 Å². The predicted octanol–water partition coefficient (Wildman–Crippen LogP) is 2.03. The fourth-order valence-electron chi connectivity index (χ4n) is 3.59. The van der Waals surface area contributed by atoms with E-state index in [1.165, 1.54) is 32.5 Å². The summed E-state index contributed by atoms with van der Waals surface area (Å²) in [5, 5.41) is 3.52. The van der Waals surface area contributed by atoms with Gasteiger partial charge in [0.2, 0.25) is 5.95 Å². The Labute approximate surface area is 140 Å². The lowest BCUT2D eigenvalue weighted by Gasteiger charge is -2.37. The van der Waals surface area contributed by atoms with E-state index < -0.39 is 0 Å².